The van der Waals surface area contributed by atoms with E-state index < -0.39 is 17.7 Å². The first-order valence-corrected chi connectivity index (χ1v) is 5.82. The molecular formula is C13H16O4. The highest BCUT2D eigenvalue weighted by molar-refractivity contribution is 5.71. The van der Waals surface area contributed by atoms with Crippen molar-refractivity contribution in [3.8, 4) is 11.5 Å². The highest BCUT2D eigenvalue weighted by Crippen LogP contribution is 2.44. The Labute approximate surface area is 100 Å². The van der Waals surface area contributed by atoms with Crippen LogP contribution in [0, 0.1) is 5.92 Å². The maximum Gasteiger partial charge on any atom is 0.314 e. The van der Waals surface area contributed by atoms with Crippen LogP contribution in [0.4, 0.5) is 0 Å². The topological polar surface area (TPSA) is 55.8 Å². The third-order valence-corrected chi connectivity index (χ3v) is 3.14. The molecule has 17 heavy (non-hydrogen) atoms. The SMILES string of the molecule is CCC(C(=O)O)C1(CC)Oc2ccccc2O1. The number of hydrogen-bond acceptors (Lipinski definition) is 3. The van der Waals surface area contributed by atoms with Gasteiger partial charge in [-0.1, -0.05) is 26.0 Å². The third kappa shape index (κ3) is 1.84. The van der Waals surface area contributed by atoms with E-state index in [-0.39, 0.29) is 0 Å². The first-order valence-electron chi connectivity index (χ1n) is 5.82. The van der Waals surface area contributed by atoms with Crippen LogP contribution in [0.15, 0.2) is 24.3 Å². The summed E-state index contributed by atoms with van der Waals surface area (Å²) < 4.78 is 11.5. The van der Waals surface area contributed by atoms with Gasteiger partial charge in [0.1, 0.15) is 5.92 Å². The Bertz CT molecular complexity index is 402. The van der Waals surface area contributed by atoms with E-state index in [2.05, 4.69) is 0 Å². The van der Waals surface area contributed by atoms with Gasteiger partial charge in [0, 0.05) is 6.42 Å². The molecule has 4 nitrogen and oxygen atoms in total. The van der Waals surface area contributed by atoms with E-state index in [1.807, 2.05) is 26.0 Å². The average molecular weight is 236 g/mol. The molecule has 1 aliphatic rings. The van der Waals surface area contributed by atoms with Gasteiger partial charge < -0.3 is 14.6 Å². The van der Waals surface area contributed by atoms with Crippen LogP contribution in [0.5, 0.6) is 11.5 Å². The lowest BCUT2D eigenvalue weighted by molar-refractivity contribution is -0.172. The molecule has 0 spiro atoms. The molecule has 1 aromatic carbocycles. The number of para-hydroxylation sites is 2. The zero-order valence-corrected chi connectivity index (χ0v) is 9.97. The molecular weight excluding hydrogens is 220 g/mol. The molecule has 1 heterocycles. The molecule has 1 atom stereocenters. The predicted molar refractivity (Wildman–Crippen MR) is 62.1 cm³/mol. The summed E-state index contributed by atoms with van der Waals surface area (Å²) in [5.74, 6) is -1.38. The van der Waals surface area contributed by atoms with E-state index >= 15 is 0 Å². The van der Waals surface area contributed by atoms with Gasteiger partial charge in [-0.2, -0.15) is 0 Å². The number of rotatable bonds is 4. The largest absolute Gasteiger partial charge is 0.481 e. The summed E-state index contributed by atoms with van der Waals surface area (Å²) in [5, 5.41) is 9.25. The maximum absolute atomic E-state index is 11.3. The Kier molecular flexibility index (Phi) is 2.96. The van der Waals surface area contributed by atoms with E-state index in [0.29, 0.717) is 24.3 Å². The zero-order chi connectivity index (χ0) is 12.5. The fourth-order valence-electron chi connectivity index (χ4n) is 2.22. The second-order valence-electron chi connectivity index (χ2n) is 4.12. The summed E-state index contributed by atoms with van der Waals surface area (Å²) in [6.45, 7) is 3.70. The molecule has 0 radical (unpaired) electrons. The maximum atomic E-state index is 11.3. The zero-order valence-electron chi connectivity index (χ0n) is 9.97. The van der Waals surface area contributed by atoms with E-state index in [1.54, 1.807) is 12.1 Å². The van der Waals surface area contributed by atoms with E-state index in [9.17, 15) is 9.90 Å². The molecule has 2 rings (SSSR count). The molecule has 0 saturated carbocycles. The van der Waals surface area contributed by atoms with Crippen LogP contribution in [-0.4, -0.2) is 16.9 Å². The molecule has 4 heteroatoms. The van der Waals surface area contributed by atoms with Crippen molar-refractivity contribution >= 4 is 5.97 Å². The van der Waals surface area contributed by atoms with Gasteiger partial charge in [0.05, 0.1) is 0 Å². The molecule has 92 valence electrons. The Morgan fingerprint density at radius 1 is 1.29 bits per heavy atom. The smallest absolute Gasteiger partial charge is 0.314 e. The number of aliphatic carboxylic acids is 1. The van der Waals surface area contributed by atoms with Gasteiger partial charge >= 0.3 is 5.97 Å². The lowest BCUT2D eigenvalue weighted by Gasteiger charge is -2.31. The Morgan fingerprint density at radius 2 is 1.82 bits per heavy atom. The number of carboxylic acid groups (broad SMARTS) is 1. The van der Waals surface area contributed by atoms with Gasteiger partial charge in [-0.15, -0.1) is 0 Å². The van der Waals surface area contributed by atoms with Crippen LogP contribution in [0.2, 0.25) is 0 Å². The van der Waals surface area contributed by atoms with Gasteiger partial charge in [0.25, 0.3) is 5.79 Å². The summed E-state index contributed by atoms with van der Waals surface area (Å²) in [6, 6.07) is 7.27. The number of ether oxygens (including phenoxy) is 2. The molecule has 0 amide bonds. The second kappa shape index (κ2) is 4.28. The van der Waals surface area contributed by atoms with Crippen molar-refractivity contribution in [2.24, 2.45) is 5.92 Å². The fourth-order valence-corrected chi connectivity index (χ4v) is 2.22. The van der Waals surface area contributed by atoms with Gasteiger partial charge in [-0.05, 0) is 18.6 Å². The minimum atomic E-state index is -1.07. The van der Waals surface area contributed by atoms with E-state index in [4.69, 9.17) is 9.47 Å². The van der Waals surface area contributed by atoms with Crippen LogP contribution in [0.3, 0.4) is 0 Å². The lowest BCUT2D eigenvalue weighted by Crippen LogP contribution is -2.49. The van der Waals surface area contributed by atoms with Crippen molar-refractivity contribution in [3.05, 3.63) is 24.3 Å². The Balaban J connectivity index is 2.34. The van der Waals surface area contributed by atoms with Crippen molar-refractivity contribution in [1.29, 1.82) is 0 Å². The molecule has 1 unspecified atom stereocenters. The molecule has 1 aromatic rings. The number of carboxylic acids is 1. The van der Waals surface area contributed by atoms with Crippen molar-refractivity contribution < 1.29 is 19.4 Å². The fraction of sp³-hybridized carbons (Fsp3) is 0.462. The predicted octanol–water partition coefficient (Wildman–Crippen LogP) is 2.67. The van der Waals surface area contributed by atoms with Gasteiger partial charge in [-0.3, -0.25) is 4.79 Å². The molecule has 0 bridgehead atoms. The first-order chi connectivity index (χ1) is 8.13. The van der Waals surface area contributed by atoms with Gasteiger partial charge in [0.15, 0.2) is 11.5 Å². The average Bonchev–Trinajstić information content (AvgIpc) is 2.68. The van der Waals surface area contributed by atoms with E-state index in [1.165, 1.54) is 0 Å². The van der Waals surface area contributed by atoms with Crippen LogP contribution in [-0.2, 0) is 4.79 Å². The second-order valence-corrected chi connectivity index (χ2v) is 4.12. The summed E-state index contributed by atoms with van der Waals surface area (Å²) in [4.78, 5) is 11.3. The number of fused-ring (bicyclic) bond motifs is 1. The molecule has 0 aromatic heterocycles. The molecule has 1 aliphatic heterocycles. The summed E-state index contributed by atoms with van der Waals surface area (Å²) >= 11 is 0. The quantitative estimate of drug-likeness (QED) is 0.873. The monoisotopic (exact) mass is 236 g/mol. The summed E-state index contributed by atoms with van der Waals surface area (Å²) in [5.41, 5.74) is 0. The highest BCUT2D eigenvalue weighted by Gasteiger charge is 2.49. The Morgan fingerprint density at radius 3 is 2.18 bits per heavy atom. The van der Waals surface area contributed by atoms with Crippen LogP contribution in [0.1, 0.15) is 26.7 Å². The molecule has 0 fully saturated rings. The summed E-state index contributed by atoms with van der Waals surface area (Å²) in [6.07, 6.45) is 0.962. The van der Waals surface area contributed by atoms with Crippen molar-refractivity contribution in [2.75, 3.05) is 0 Å². The number of benzene rings is 1. The minimum Gasteiger partial charge on any atom is -0.481 e. The van der Waals surface area contributed by atoms with Crippen molar-refractivity contribution in [1.82, 2.24) is 0 Å². The molecule has 1 N–H and O–H groups in total. The van der Waals surface area contributed by atoms with Crippen molar-refractivity contribution in [3.63, 3.8) is 0 Å². The van der Waals surface area contributed by atoms with Crippen LogP contribution < -0.4 is 9.47 Å². The van der Waals surface area contributed by atoms with Gasteiger partial charge in [0.2, 0.25) is 0 Å². The summed E-state index contributed by atoms with van der Waals surface area (Å²) in [7, 11) is 0. The molecule has 0 aliphatic carbocycles. The first kappa shape index (κ1) is 11.8. The van der Waals surface area contributed by atoms with E-state index in [0.717, 1.165) is 0 Å². The standard InChI is InChI=1S/C13H16O4/c1-3-9(12(14)15)13(4-2)16-10-7-5-6-8-11(10)17-13/h5-9H,3-4H2,1-2H3,(H,14,15). The Hall–Kier alpha value is -1.71. The van der Waals surface area contributed by atoms with Crippen molar-refractivity contribution in [2.45, 2.75) is 32.5 Å². The van der Waals surface area contributed by atoms with Crippen LogP contribution >= 0.6 is 0 Å². The molecule has 0 saturated heterocycles. The highest BCUT2D eigenvalue weighted by atomic mass is 16.7. The normalized spacial score (nSPS) is 17.8. The number of carbonyl (C=O) groups is 1. The lowest BCUT2D eigenvalue weighted by atomic mass is 9.93. The number of hydrogen-bond donors (Lipinski definition) is 1. The third-order valence-electron chi connectivity index (χ3n) is 3.14. The van der Waals surface area contributed by atoms with Gasteiger partial charge in [-0.25, -0.2) is 0 Å². The van der Waals surface area contributed by atoms with Crippen LogP contribution in [0.25, 0.3) is 0 Å². The minimum absolute atomic E-state index is 0.469.